The van der Waals surface area contributed by atoms with Gasteiger partial charge in [0.1, 0.15) is 0 Å². The molecule has 2 saturated heterocycles. The standard InChI is InChI=1S/C10H20N2/c1-9-7-11(9)5-3-4-6-12-8-10(12)2/h9-10H,3-8H2,1-2H3/t9-,10-,11?,12?/m0/s1. The van der Waals surface area contributed by atoms with Crippen molar-refractivity contribution < 1.29 is 0 Å². The number of nitrogens with zero attached hydrogens (tertiary/aromatic N) is 2. The number of hydrogen-bond donors (Lipinski definition) is 0. The van der Waals surface area contributed by atoms with E-state index in [0.29, 0.717) is 0 Å². The van der Waals surface area contributed by atoms with Crippen molar-refractivity contribution in [3.63, 3.8) is 0 Å². The van der Waals surface area contributed by atoms with Crippen molar-refractivity contribution in [1.29, 1.82) is 0 Å². The van der Waals surface area contributed by atoms with Crippen molar-refractivity contribution >= 4 is 0 Å². The van der Waals surface area contributed by atoms with Crippen LogP contribution in [0.4, 0.5) is 0 Å². The molecule has 0 spiro atoms. The lowest BCUT2D eigenvalue weighted by molar-refractivity contribution is 0.442. The average Bonchev–Trinajstić information content (AvgIpc) is 2.88. The summed E-state index contributed by atoms with van der Waals surface area (Å²) in [4.78, 5) is 5.09. The Morgan fingerprint density at radius 1 is 0.917 bits per heavy atom. The fraction of sp³-hybridized carbons (Fsp3) is 1.00. The quantitative estimate of drug-likeness (QED) is 0.449. The van der Waals surface area contributed by atoms with Crippen molar-refractivity contribution in [2.45, 2.75) is 38.8 Å². The van der Waals surface area contributed by atoms with E-state index in [9.17, 15) is 0 Å². The van der Waals surface area contributed by atoms with Crippen molar-refractivity contribution in [3.05, 3.63) is 0 Å². The second-order valence-electron chi connectivity index (χ2n) is 4.40. The van der Waals surface area contributed by atoms with E-state index >= 15 is 0 Å². The molecule has 2 heterocycles. The zero-order valence-corrected chi connectivity index (χ0v) is 8.29. The van der Waals surface area contributed by atoms with Crippen LogP contribution >= 0.6 is 0 Å². The van der Waals surface area contributed by atoms with Crippen LogP contribution in [0.25, 0.3) is 0 Å². The molecule has 0 saturated carbocycles. The maximum atomic E-state index is 2.55. The largest absolute Gasteiger partial charge is 0.298 e. The summed E-state index contributed by atoms with van der Waals surface area (Å²) in [5.41, 5.74) is 0. The predicted molar refractivity (Wildman–Crippen MR) is 51.3 cm³/mol. The molecule has 2 rings (SSSR count). The summed E-state index contributed by atoms with van der Waals surface area (Å²) in [6.07, 6.45) is 2.79. The first-order valence-corrected chi connectivity index (χ1v) is 5.25. The first kappa shape index (κ1) is 8.52. The second-order valence-corrected chi connectivity index (χ2v) is 4.40. The predicted octanol–water partition coefficient (Wildman–Crippen LogP) is 1.17. The highest BCUT2D eigenvalue weighted by Crippen LogP contribution is 2.19. The summed E-state index contributed by atoms with van der Waals surface area (Å²) in [7, 11) is 0. The summed E-state index contributed by atoms with van der Waals surface area (Å²) in [5.74, 6) is 0. The number of hydrogen-bond acceptors (Lipinski definition) is 2. The summed E-state index contributed by atoms with van der Waals surface area (Å²) in [6.45, 7) is 9.99. The SMILES string of the molecule is C[C@H]1CN1CCCCN1C[C@@H]1C. The van der Waals surface area contributed by atoms with E-state index in [4.69, 9.17) is 0 Å². The van der Waals surface area contributed by atoms with Crippen LogP contribution in [0.1, 0.15) is 26.7 Å². The molecule has 0 aromatic carbocycles. The fourth-order valence-electron chi connectivity index (χ4n) is 1.84. The average molecular weight is 168 g/mol. The monoisotopic (exact) mass is 168 g/mol. The zero-order valence-electron chi connectivity index (χ0n) is 8.29. The number of unbranched alkanes of at least 4 members (excludes halogenated alkanes) is 1. The van der Waals surface area contributed by atoms with Crippen molar-refractivity contribution in [2.75, 3.05) is 26.2 Å². The first-order chi connectivity index (χ1) is 5.77. The molecule has 0 aromatic rings. The molecule has 70 valence electrons. The summed E-state index contributed by atoms with van der Waals surface area (Å²) < 4.78 is 0. The third-order valence-corrected chi connectivity index (χ3v) is 3.12. The Labute approximate surface area is 75.5 Å². The molecule has 2 fully saturated rings. The summed E-state index contributed by atoms with van der Waals surface area (Å²) in [5, 5.41) is 0. The first-order valence-electron chi connectivity index (χ1n) is 5.25. The highest BCUT2D eigenvalue weighted by atomic mass is 15.3. The molecule has 2 nitrogen and oxygen atoms in total. The van der Waals surface area contributed by atoms with E-state index in [2.05, 4.69) is 23.6 Å². The maximum Gasteiger partial charge on any atom is 0.0195 e. The van der Waals surface area contributed by atoms with Crippen LogP contribution in [0, 0.1) is 0 Å². The van der Waals surface area contributed by atoms with Gasteiger partial charge in [0.25, 0.3) is 0 Å². The van der Waals surface area contributed by atoms with Crippen molar-refractivity contribution in [2.24, 2.45) is 0 Å². The van der Waals surface area contributed by atoms with E-state index in [-0.39, 0.29) is 0 Å². The van der Waals surface area contributed by atoms with Crippen LogP contribution in [-0.2, 0) is 0 Å². The van der Waals surface area contributed by atoms with Crippen molar-refractivity contribution in [1.82, 2.24) is 9.80 Å². The molecule has 2 aliphatic heterocycles. The van der Waals surface area contributed by atoms with Gasteiger partial charge in [-0.3, -0.25) is 9.80 Å². The van der Waals surface area contributed by atoms with Crippen LogP contribution in [0.3, 0.4) is 0 Å². The van der Waals surface area contributed by atoms with E-state index in [1.165, 1.54) is 39.0 Å². The molecule has 4 atom stereocenters. The van der Waals surface area contributed by atoms with Gasteiger partial charge < -0.3 is 0 Å². The minimum absolute atomic E-state index is 0.894. The van der Waals surface area contributed by atoms with Gasteiger partial charge in [-0.1, -0.05) is 0 Å². The van der Waals surface area contributed by atoms with E-state index in [0.717, 1.165) is 12.1 Å². The molecular weight excluding hydrogens is 148 g/mol. The molecule has 0 radical (unpaired) electrons. The molecule has 2 aliphatic rings. The third-order valence-electron chi connectivity index (χ3n) is 3.12. The molecule has 12 heavy (non-hydrogen) atoms. The van der Waals surface area contributed by atoms with Gasteiger partial charge in [-0.2, -0.15) is 0 Å². The van der Waals surface area contributed by atoms with Gasteiger partial charge in [0, 0.05) is 25.2 Å². The zero-order chi connectivity index (χ0) is 8.55. The Hall–Kier alpha value is -0.0800. The van der Waals surface area contributed by atoms with Crippen molar-refractivity contribution in [3.8, 4) is 0 Å². The Morgan fingerprint density at radius 3 is 1.50 bits per heavy atom. The molecule has 0 bridgehead atoms. The minimum Gasteiger partial charge on any atom is -0.298 e. The molecular formula is C10H20N2. The van der Waals surface area contributed by atoms with Crippen LogP contribution in [0.5, 0.6) is 0 Å². The normalized spacial score (nSPS) is 44.5. The molecule has 2 heteroatoms. The Bertz CT molecular complexity index is 140. The maximum absolute atomic E-state index is 2.55. The Kier molecular flexibility index (Phi) is 2.37. The third kappa shape index (κ3) is 2.20. The fourth-order valence-corrected chi connectivity index (χ4v) is 1.84. The highest BCUT2D eigenvalue weighted by Gasteiger charge is 2.29. The minimum atomic E-state index is 0.894. The summed E-state index contributed by atoms with van der Waals surface area (Å²) >= 11 is 0. The molecule has 2 unspecified atom stereocenters. The van der Waals surface area contributed by atoms with Gasteiger partial charge in [-0.25, -0.2) is 0 Å². The van der Waals surface area contributed by atoms with Gasteiger partial charge in [-0.15, -0.1) is 0 Å². The molecule has 0 aliphatic carbocycles. The molecule has 0 amide bonds. The van der Waals surface area contributed by atoms with Crippen LogP contribution in [0.15, 0.2) is 0 Å². The molecule has 0 aromatic heterocycles. The van der Waals surface area contributed by atoms with Crippen LogP contribution in [0.2, 0.25) is 0 Å². The lowest BCUT2D eigenvalue weighted by Gasteiger charge is -2.02. The van der Waals surface area contributed by atoms with E-state index in [1.807, 2.05) is 0 Å². The lowest BCUT2D eigenvalue weighted by atomic mass is 10.3. The Morgan fingerprint density at radius 2 is 1.25 bits per heavy atom. The van der Waals surface area contributed by atoms with E-state index in [1.54, 1.807) is 0 Å². The topological polar surface area (TPSA) is 6.02 Å². The van der Waals surface area contributed by atoms with Crippen LogP contribution < -0.4 is 0 Å². The number of rotatable bonds is 5. The highest BCUT2D eigenvalue weighted by molar-refractivity contribution is 4.86. The summed E-state index contributed by atoms with van der Waals surface area (Å²) in [6, 6.07) is 1.79. The smallest absolute Gasteiger partial charge is 0.0195 e. The van der Waals surface area contributed by atoms with Gasteiger partial charge >= 0.3 is 0 Å². The Balaban J connectivity index is 1.42. The van der Waals surface area contributed by atoms with Crippen LogP contribution in [-0.4, -0.2) is 48.1 Å². The van der Waals surface area contributed by atoms with Gasteiger partial charge in [0.05, 0.1) is 0 Å². The van der Waals surface area contributed by atoms with Gasteiger partial charge in [0.15, 0.2) is 0 Å². The lowest BCUT2D eigenvalue weighted by Crippen LogP contribution is -2.07. The van der Waals surface area contributed by atoms with Gasteiger partial charge in [0.2, 0.25) is 0 Å². The second kappa shape index (κ2) is 3.35. The van der Waals surface area contributed by atoms with E-state index < -0.39 is 0 Å². The molecule has 0 N–H and O–H groups in total. The van der Waals surface area contributed by atoms with Gasteiger partial charge in [-0.05, 0) is 39.8 Å².